The third kappa shape index (κ3) is 3.20. The molecule has 0 saturated carbocycles. The SMILES string of the molecule is COC(=O)c1cc2c(N(C)C)cc(OCc3ccccc3)cc2[nH]1. The highest BCUT2D eigenvalue weighted by Gasteiger charge is 2.14. The van der Waals surface area contributed by atoms with Gasteiger partial charge in [0.15, 0.2) is 0 Å². The summed E-state index contributed by atoms with van der Waals surface area (Å²) in [6.45, 7) is 0.490. The van der Waals surface area contributed by atoms with Crippen molar-refractivity contribution in [1.82, 2.24) is 4.98 Å². The van der Waals surface area contributed by atoms with Crippen molar-refractivity contribution < 1.29 is 14.3 Å². The summed E-state index contributed by atoms with van der Waals surface area (Å²) in [5.74, 6) is 0.357. The number of hydrogen-bond donors (Lipinski definition) is 1. The Bertz CT molecular complexity index is 854. The number of rotatable bonds is 5. The van der Waals surface area contributed by atoms with Crippen molar-refractivity contribution >= 4 is 22.6 Å². The van der Waals surface area contributed by atoms with E-state index in [0.29, 0.717) is 12.3 Å². The molecule has 0 fully saturated rings. The van der Waals surface area contributed by atoms with Crippen LogP contribution in [0.25, 0.3) is 10.9 Å². The number of fused-ring (bicyclic) bond motifs is 1. The van der Waals surface area contributed by atoms with Gasteiger partial charge < -0.3 is 19.4 Å². The largest absolute Gasteiger partial charge is 0.489 e. The van der Waals surface area contributed by atoms with E-state index in [1.54, 1.807) is 6.07 Å². The summed E-state index contributed by atoms with van der Waals surface area (Å²) in [7, 11) is 5.29. The molecule has 24 heavy (non-hydrogen) atoms. The number of nitrogens with one attached hydrogen (secondary N) is 1. The Morgan fingerprint density at radius 1 is 1.12 bits per heavy atom. The summed E-state index contributed by atoms with van der Waals surface area (Å²) >= 11 is 0. The first-order valence-electron chi connectivity index (χ1n) is 7.67. The number of aromatic amines is 1. The quantitative estimate of drug-likeness (QED) is 0.729. The molecule has 0 radical (unpaired) electrons. The van der Waals surface area contributed by atoms with E-state index in [1.165, 1.54) is 7.11 Å². The molecular weight excluding hydrogens is 304 g/mol. The molecule has 3 aromatic rings. The van der Waals surface area contributed by atoms with Crippen LogP contribution in [-0.4, -0.2) is 32.2 Å². The van der Waals surface area contributed by atoms with E-state index in [2.05, 4.69) is 4.98 Å². The zero-order chi connectivity index (χ0) is 17.1. The Balaban J connectivity index is 1.95. The van der Waals surface area contributed by atoms with Crippen LogP contribution in [-0.2, 0) is 11.3 Å². The topological polar surface area (TPSA) is 54.6 Å². The molecule has 0 aliphatic heterocycles. The van der Waals surface area contributed by atoms with E-state index >= 15 is 0 Å². The van der Waals surface area contributed by atoms with Crippen LogP contribution in [0.4, 0.5) is 5.69 Å². The summed E-state index contributed by atoms with van der Waals surface area (Å²) < 4.78 is 10.7. The number of ether oxygens (including phenoxy) is 2. The van der Waals surface area contributed by atoms with Crippen molar-refractivity contribution in [1.29, 1.82) is 0 Å². The van der Waals surface area contributed by atoms with Crippen LogP contribution in [0.15, 0.2) is 48.5 Å². The molecule has 0 amide bonds. The van der Waals surface area contributed by atoms with Gasteiger partial charge in [-0.1, -0.05) is 30.3 Å². The lowest BCUT2D eigenvalue weighted by Gasteiger charge is -2.16. The van der Waals surface area contributed by atoms with Crippen LogP contribution >= 0.6 is 0 Å². The number of carbonyl (C=O) groups is 1. The number of hydrogen-bond acceptors (Lipinski definition) is 4. The van der Waals surface area contributed by atoms with Gasteiger partial charge in [-0.25, -0.2) is 4.79 Å². The highest BCUT2D eigenvalue weighted by atomic mass is 16.5. The smallest absolute Gasteiger partial charge is 0.354 e. The third-order valence-electron chi connectivity index (χ3n) is 3.83. The molecule has 1 aromatic heterocycles. The van der Waals surface area contributed by atoms with Gasteiger partial charge in [0.25, 0.3) is 0 Å². The van der Waals surface area contributed by atoms with Crippen molar-refractivity contribution in [3.8, 4) is 5.75 Å². The van der Waals surface area contributed by atoms with E-state index in [-0.39, 0.29) is 5.97 Å². The molecule has 0 aliphatic rings. The Morgan fingerprint density at radius 2 is 1.88 bits per heavy atom. The molecule has 0 bridgehead atoms. The molecule has 0 atom stereocenters. The molecule has 0 saturated heterocycles. The van der Waals surface area contributed by atoms with E-state index in [1.807, 2.05) is 61.5 Å². The van der Waals surface area contributed by atoms with E-state index in [0.717, 1.165) is 27.9 Å². The summed E-state index contributed by atoms with van der Waals surface area (Å²) in [5.41, 5.74) is 3.34. The molecule has 0 unspecified atom stereocenters. The van der Waals surface area contributed by atoms with Gasteiger partial charge >= 0.3 is 5.97 Å². The molecule has 1 N–H and O–H groups in total. The fraction of sp³-hybridized carbons (Fsp3) is 0.211. The van der Waals surface area contributed by atoms with Crippen LogP contribution in [0.2, 0.25) is 0 Å². The number of nitrogens with zero attached hydrogens (tertiary/aromatic N) is 1. The minimum absolute atomic E-state index is 0.386. The molecule has 2 aromatic carbocycles. The summed E-state index contributed by atoms with van der Waals surface area (Å²) in [5, 5.41) is 0.951. The fourth-order valence-electron chi connectivity index (χ4n) is 2.61. The van der Waals surface area contributed by atoms with E-state index in [9.17, 15) is 4.79 Å². The zero-order valence-corrected chi connectivity index (χ0v) is 14.0. The third-order valence-corrected chi connectivity index (χ3v) is 3.83. The molecule has 1 heterocycles. The van der Waals surface area contributed by atoms with Crippen molar-refractivity contribution in [2.24, 2.45) is 0 Å². The minimum Gasteiger partial charge on any atom is -0.489 e. The van der Waals surface area contributed by atoms with Gasteiger partial charge in [0.2, 0.25) is 0 Å². The van der Waals surface area contributed by atoms with Crippen LogP contribution in [0, 0.1) is 0 Å². The monoisotopic (exact) mass is 324 g/mol. The molecule has 5 nitrogen and oxygen atoms in total. The van der Waals surface area contributed by atoms with Crippen molar-refractivity contribution in [3.63, 3.8) is 0 Å². The summed E-state index contributed by atoms with van der Waals surface area (Å²) in [6.07, 6.45) is 0. The number of carbonyl (C=O) groups excluding carboxylic acids is 1. The van der Waals surface area contributed by atoms with Crippen molar-refractivity contribution in [3.05, 3.63) is 59.8 Å². The maximum absolute atomic E-state index is 11.8. The molecule has 3 rings (SSSR count). The number of anilines is 1. The average molecular weight is 324 g/mol. The normalized spacial score (nSPS) is 10.6. The lowest BCUT2D eigenvalue weighted by molar-refractivity contribution is 0.0595. The highest BCUT2D eigenvalue weighted by molar-refractivity contribution is 6.00. The van der Waals surface area contributed by atoms with Gasteiger partial charge in [-0.2, -0.15) is 0 Å². The number of benzene rings is 2. The number of H-pyrrole nitrogens is 1. The second-order valence-corrected chi connectivity index (χ2v) is 5.75. The van der Waals surface area contributed by atoms with Gasteiger partial charge in [-0.15, -0.1) is 0 Å². The fourth-order valence-corrected chi connectivity index (χ4v) is 2.61. The van der Waals surface area contributed by atoms with Crippen LogP contribution < -0.4 is 9.64 Å². The van der Waals surface area contributed by atoms with Gasteiger partial charge in [-0.3, -0.25) is 0 Å². The summed E-state index contributed by atoms with van der Waals surface area (Å²) in [6, 6.07) is 15.7. The van der Waals surface area contributed by atoms with Gasteiger partial charge in [-0.05, 0) is 11.6 Å². The molecule has 5 heteroatoms. The van der Waals surface area contributed by atoms with Crippen LogP contribution in [0.5, 0.6) is 5.75 Å². The highest BCUT2D eigenvalue weighted by Crippen LogP contribution is 2.32. The first-order valence-corrected chi connectivity index (χ1v) is 7.67. The number of methoxy groups -OCH3 is 1. The predicted octanol–water partition coefficient (Wildman–Crippen LogP) is 3.60. The number of aromatic nitrogens is 1. The number of esters is 1. The van der Waals surface area contributed by atoms with Crippen molar-refractivity contribution in [2.45, 2.75) is 6.61 Å². The first kappa shape index (κ1) is 15.9. The van der Waals surface area contributed by atoms with Crippen LogP contribution in [0.3, 0.4) is 0 Å². The van der Waals surface area contributed by atoms with Crippen LogP contribution in [0.1, 0.15) is 16.1 Å². The first-order chi connectivity index (χ1) is 11.6. The maximum atomic E-state index is 11.8. The lowest BCUT2D eigenvalue weighted by atomic mass is 10.2. The Morgan fingerprint density at radius 3 is 2.54 bits per heavy atom. The lowest BCUT2D eigenvalue weighted by Crippen LogP contribution is -2.09. The maximum Gasteiger partial charge on any atom is 0.354 e. The standard InChI is InChI=1S/C19H20N2O3/c1-21(2)18-10-14(24-12-13-7-5-4-6-8-13)9-16-15(18)11-17(20-16)19(22)23-3/h4-11,20H,12H2,1-3H3. The molecule has 0 aliphatic carbocycles. The second kappa shape index (κ2) is 6.66. The minimum atomic E-state index is -0.386. The molecule has 0 spiro atoms. The summed E-state index contributed by atoms with van der Waals surface area (Å²) in [4.78, 5) is 16.9. The molecule has 124 valence electrons. The zero-order valence-electron chi connectivity index (χ0n) is 14.0. The van der Waals surface area contributed by atoms with E-state index in [4.69, 9.17) is 9.47 Å². The van der Waals surface area contributed by atoms with E-state index < -0.39 is 0 Å². The molecular formula is C19H20N2O3. The van der Waals surface area contributed by atoms with Gasteiger partial charge in [0.1, 0.15) is 18.1 Å². The average Bonchev–Trinajstić information content (AvgIpc) is 3.03. The second-order valence-electron chi connectivity index (χ2n) is 5.75. The Hall–Kier alpha value is -2.95. The predicted molar refractivity (Wildman–Crippen MR) is 94.7 cm³/mol. The Kier molecular flexibility index (Phi) is 4.42. The van der Waals surface area contributed by atoms with Gasteiger partial charge in [0.05, 0.1) is 12.6 Å². The van der Waals surface area contributed by atoms with Gasteiger partial charge in [0, 0.05) is 37.3 Å². The van der Waals surface area contributed by atoms with Crippen molar-refractivity contribution in [2.75, 3.05) is 26.1 Å². The Labute approximate surface area is 140 Å².